The van der Waals surface area contributed by atoms with Gasteiger partial charge in [-0.1, -0.05) is 72.4 Å². The summed E-state index contributed by atoms with van der Waals surface area (Å²) in [5, 5.41) is 5.79. The zero-order chi connectivity index (χ0) is 22.8. The lowest BCUT2D eigenvalue weighted by atomic mass is 9.91. The molecule has 1 amide bonds. The third-order valence-electron chi connectivity index (χ3n) is 5.75. The maximum Gasteiger partial charge on any atom is 0.338 e. The molecule has 0 saturated heterocycles. The summed E-state index contributed by atoms with van der Waals surface area (Å²) in [6.45, 7) is 2.07. The van der Waals surface area contributed by atoms with Crippen molar-refractivity contribution in [2.45, 2.75) is 38.3 Å². The fourth-order valence-electron chi connectivity index (χ4n) is 4.11. The zero-order valence-electron chi connectivity index (χ0n) is 18.4. The van der Waals surface area contributed by atoms with Crippen molar-refractivity contribution in [1.82, 2.24) is 10.2 Å². The topological polar surface area (TPSA) is 71.0 Å². The molecule has 168 valence electrons. The van der Waals surface area contributed by atoms with Crippen molar-refractivity contribution in [1.29, 1.82) is 0 Å². The summed E-state index contributed by atoms with van der Waals surface area (Å²) in [5.41, 5.74) is 3.72. The Kier molecular flexibility index (Phi) is 6.05. The Hall–Kier alpha value is -3.32. The van der Waals surface area contributed by atoms with Gasteiger partial charge >= 0.3 is 5.97 Å². The highest BCUT2D eigenvalue weighted by atomic mass is 32.2. The van der Waals surface area contributed by atoms with E-state index in [1.165, 1.54) is 11.8 Å². The van der Waals surface area contributed by atoms with Gasteiger partial charge in [-0.05, 0) is 30.7 Å². The first-order valence-corrected chi connectivity index (χ1v) is 12.1. The number of amidine groups is 1. The van der Waals surface area contributed by atoms with Gasteiger partial charge in [0.25, 0.3) is 0 Å². The van der Waals surface area contributed by atoms with Crippen LogP contribution in [0.3, 0.4) is 0 Å². The second kappa shape index (κ2) is 9.27. The fourth-order valence-corrected chi connectivity index (χ4v) is 5.03. The Bertz CT molecular complexity index is 1150. The molecular weight excluding hydrogens is 434 g/mol. The quantitative estimate of drug-likeness (QED) is 0.612. The Morgan fingerprint density at radius 1 is 1.09 bits per heavy atom. The van der Waals surface area contributed by atoms with E-state index in [1.54, 1.807) is 6.92 Å². The van der Waals surface area contributed by atoms with E-state index >= 15 is 0 Å². The molecule has 2 heterocycles. The zero-order valence-corrected chi connectivity index (χ0v) is 19.2. The summed E-state index contributed by atoms with van der Waals surface area (Å²) in [6, 6.07) is 19.4. The number of nitrogens with one attached hydrogen (secondary N) is 1. The van der Waals surface area contributed by atoms with Gasteiger partial charge in [0.15, 0.2) is 5.17 Å². The number of benzene rings is 2. The Morgan fingerprint density at radius 3 is 2.45 bits per heavy atom. The Morgan fingerprint density at radius 2 is 1.79 bits per heavy atom. The van der Waals surface area contributed by atoms with E-state index in [4.69, 9.17) is 9.73 Å². The van der Waals surface area contributed by atoms with Crippen LogP contribution in [-0.4, -0.2) is 34.6 Å². The minimum atomic E-state index is -0.442. The van der Waals surface area contributed by atoms with Gasteiger partial charge in [-0.3, -0.25) is 4.79 Å². The van der Waals surface area contributed by atoms with Crippen molar-refractivity contribution in [3.63, 3.8) is 0 Å². The summed E-state index contributed by atoms with van der Waals surface area (Å²) in [6.07, 6.45) is 2.32. The number of hydrogen-bond acceptors (Lipinski definition) is 6. The lowest BCUT2D eigenvalue weighted by Gasteiger charge is -2.36. The number of esters is 1. The Labute approximate surface area is 197 Å². The van der Waals surface area contributed by atoms with Gasteiger partial charge in [-0.25, -0.2) is 9.79 Å². The van der Waals surface area contributed by atoms with Gasteiger partial charge in [0.1, 0.15) is 0 Å². The van der Waals surface area contributed by atoms with Crippen molar-refractivity contribution < 1.29 is 14.3 Å². The number of thioether (sulfide) groups is 1. The van der Waals surface area contributed by atoms with E-state index < -0.39 is 12.0 Å². The molecule has 1 saturated carbocycles. The number of fused-ring (bicyclic) bond motifs is 1. The third-order valence-corrected chi connectivity index (χ3v) is 6.64. The van der Waals surface area contributed by atoms with Gasteiger partial charge < -0.3 is 15.0 Å². The van der Waals surface area contributed by atoms with Crippen molar-refractivity contribution in [3.8, 4) is 0 Å². The number of ether oxygens (including phenoxy) is 1. The summed E-state index contributed by atoms with van der Waals surface area (Å²) in [7, 11) is 0. The summed E-state index contributed by atoms with van der Waals surface area (Å²) < 4.78 is 5.51. The number of rotatable bonds is 7. The smallest absolute Gasteiger partial charge is 0.338 e. The largest absolute Gasteiger partial charge is 0.463 e. The van der Waals surface area contributed by atoms with Crippen LogP contribution in [0.25, 0.3) is 5.70 Å². The van der Waals surface area contributed by atoms with Crippen molar-refractivity contribution >= 4 is 34.5 Å². The Balaban J connectivity index is 1.61. The van der Waals surface area contributed by atoms with Gasteiger partial charge in [-0.15, -0.1) is 0 Å². The molecule has 2 aliphatic heterocycles. The molecule has 0 spiro atoms. The van der Waals surface area contributed by atoms with Crippen molar-refractivity contribution in [3.05, 3.63) is 88.5 Å². The molecule has 2 aromatic rings. The molecular formula is C26H25N3O3S. The molecule has 7 heteroatoms. The van der Waals surface area contributed by atoms with Crippen LogP contribution in [-0.2, 0) is 14.3 Å². The monoisotopic (exact) mass is 459 g/mol. The second-order valence-electron chi connectivity index (χ2n) is 8.17. The molecule has 0 bridgehead atoms. The van der Waals surface area contributed by atoms with E-state index in [2.05, 4.69) is 5.32 Å². The molecule has 33 heavy (non-hydrogen) atoms. The molecule has 1 atom stereocenters. The van der Waals surface area contributed by atoms with Crippen molar-refractivity contribution in [2.75, 3.05) is 6.61 Å². The maximum absolute atomic E-state index is 13.4. The van der Waals surface area contributed by atoms with Crippen LogP contribution >= 0.6 is 11.8 Å². The lowest BCUT2D eigenvalue weighted by molar-refractivity contribution is -0.139. The molecule has 5 rings (SSSR count). The number of nitrogens with zero attached hydrogens (tertiary/aromatic N) is 2. The summed E-state index contributed by atoms with van der Waals surface area (Å²) in [4.78, 5) is 32.9. The molecule has 1 fully saturated rings. The van der Waals surface area contributed by atoms with Crippen LogP contribution in [0.2, 0.25) is 0 Å². The second-order valence-corrected chi connectivity index (χ2v) is 9.01. The highest BCUT2D eigenvalue weighted by Crippen LogP contribution is 2.47. The normalized spacial score (nSPS) is 19.5. The first-order chi connectivity index (χ1) is 16.2. The molecule has 3 aliphatic rings. The average Bonchev–Trinajstić information content (AvgIpc) is 3.57. The molecule has 6 nitrogen and oxygen atoms in total. The van der Waals surface area contributed by atoms with Crippen LogP contribution in [0.1, 0.15) is 43.4 Å². The van der Waals surface area contributed by atoms with Gasteiger partial charge in [0, 0.05) is 17.3 Å². The van der Waals surface area contributed by atoms with E-state index in [-0.39, 0.29) is 18.9 Å². The average molecular weight is 460 g/mol. The van der Waals surface area contributed by atoms with E-state index in [9.17, 15) is 9.59 Å². The van der Waals surface area contributed by atoms with Crippen LogP contribution in [0.4, 0.5) is 0 Å². The third kappa shape index (κ3) is 4.46. The van der Waals surface area contributed by atoms with Gasteiger partial charge in [-0.2, -0.15) is 0 Å². The van der Waals surface area contributed by atoms with Crippen LogP contribution in [0.5, 0.6) is 0 Å². The molecule has 2 aromatic carbocycles. The van der Waals surface area contributed by atoms with E-state index in [1.807, 2.05) is 71.0 Å². The number of aliphatic imine (C=N–C) groups is 1. The first kappa shape index (κ1) is 21.5. The highest BCUT2D eigenvalue weighted by Gasteiger charge is 2.42. The standard InChI is InChI=1S/C26H25N3O3S/c1-2-32-25(31)22-23(17-9-5-3-6-10-17)28-26-29(24(22)18-11-7-4-8-12-18)20(16-33-26)15-21(30)27-19-13-14-19/h3-12,16,19,24H,2,13-15H2,1H3,(H,27,30). The first-order valence-electron chi connectivity index (χ1n) is 11.2. The maximum atomic E-state index is 13.4. The molecule has 0 aromatic heterocycles. The van der Waals surface area contributed by atoms with Crippen LogP contribution in [0, 0.1) is 0 Å². The number of amides is 1. The summed E-state index contributed by atoms with van der Waals surface area (Å²) in [5.74, 6) is -0.403. The molecule has 0 radical (unpaired) electrons. The number of carbonyl (C=O) groups is 2. The van der Waals surface area contributed by atoms with Crippen LogP contribution < -0.4 is 5.32 Å². The number of hydrogen-bond donors (Lipinski definition) is 1. The molecule has 1 aliphatic carbocycles. The van der Waals surface area contributed by atoms with E-state index in [0.717, 1.165) is 34.8 Å². The summed E-state index contributed by atoms with van der Waals surface area (Å²) >= 11 is 1.48. The predicted octanol–water partition coefficient (Wildman–Crippen LogP) is 4.63. The molecule has 1 unspecified atom stereocenters. The SMILES string of the molecule is CCOC(=O)C1=C(c2ccccc2)N=C2SC=C(CC(=O)NC3CC3)N2C1c1ccccc1. The van der Waals surface area contributed by atoms with E-state index in [0.29, 0.717) is 17.3 Å². The lowest BCUT2D eigenvalue weighted by Crippen LogP contribution is -2.38. The van der Waals surface area contributed by atoms with Crippen LogP contribution in [0.15, 0.2) is 82.3 Å². The fraction of sp³-hybridized carbons (Fsp3) is 0.269. The minimum absolute atomic E-state index is 0.00654. The van der Waals surface area contributed by atoms with Crippen molar-refractivity contribution in [2.24, 2.45) is 4.99 Å². The highest BCUT2D eigenvalue weighted by molar-refractivity contribution is 8.16. The minimum Gasteiger partial charge on any atom is -0.463 e. The number of carbonyl (C=O) groups excluding carboxylic acids is 2. The molecule has 1 N–H and O–H groups in total. The van der Waals surface area contributed by atoms with Gasteiger partial charge in [0.05, 0.1) is 30.3 Å². The van der Waals surface area contributed by atoms with Gasteiger partial charge in [0.2, 0.25) is 5.91 Å². The predicted molar refractivity (Wildman–Crippen MR) is 130 cm³/mol.